The Kier molecular flexibility index (Phi) is 6.02. The van der Waals surface area contributed by atoms with E-state index in [2.05, 4.69) is 10.2 Å². The van der Waals surface area contributed by atoms with Crippen molar-refractivity contribution >= 4 is 17.5 Å². The molecule has 1 aromatic carbocycles. The molecule has 0 aliphatic carbocycles. The fraction of sp³-hybridized carbons (Fsp3) is 0.478. The molecule has 0 saturated carbocycles. The molecule has 1 aromatic heterocycles. The first kappa shape index (κ1) is 23.6. The van der Waals surface area contributed by atoms with E-state index in [0.717, 1.165) is 12.1 Å². The number of hydrogen-bond acceptors (Lipinski definition) is 5. The number of halogens is 3. The standard InChI is InChI=1S/C23H25F3N6O2/c1-30(2)21(34)19-12-22(6-9-31(10-7-22)20(33)18-5-8-28-29-18)14-32(19)16-4-3-15(13-27)17(11-16)23(24,25)26/h3-5,8,11,19H,6-7,9-10,12,14H2,1-2H3,(H,28,29). The van der Waals surface area contributed by atoms with Crippen molar-refractivity contribution in [3.63, 3.8) is 0 Å². The first-order valence-electron chi connectivity index (χ1n) is 10.9. The van der Waals surface area contributed by atoms with Crippen LogP contribution in [0.3, 0.4) is 0 Å². The highest BCUT2D eigenvalue weighted by Crippen LogP contribution is 2.46. The van der Waals surface area contributed by atoms with Crippen molar-refractivity contribution in [2.75, 3.05) is 38.6 Å². The molecule has 11 heteroatoms. The highest BCUT2D eigenvalue weighted by molar-refractivity contribution is 5.92. The maximum Gasteiger partial charge on any atom is 0.417 e. The summed E-state index contributed by atoms with van der Waals surface area (Å²) in [4.78, 5) is 30.6. The average molecular weight is 474 g/mol. The van der Waals surface area contributed by atoms with Gasteiger partial charge in [-0.15, -0.1) is 0 Å². The SMILES string of the molecule is CN(C)C(=O)C1CC2(CCN(C(=O)c3ccn[nH]3)CC2)CN1c1ccc(C#N)c(C(F)(F)F)c1. The monoisotopic (exact) mass is 474 g/mol. The predicted molar refractivity (Wildman–Crippen MR) is 117 cm³/mol. The van der Waals surface area contributed by atoms with Crippen LogP contribution in [0.25, 0.3) is 0 Å². The largest absolute Gasteiger partial charge is 0.417 e. The highest BCUT2D eigenvalue weighted by atomic mass is 19.4. The molecule has 1 spiro atoms. The predicted octanol–water partition coefficient (Wildman–Crippen LogP) is 2.89. The number of benzene rings is 1. The Morgan fingerprint density at radius 2 is 1.94 bits per heavy atom. The van der Waals surface area contributed by atoms with Gasteiger partial charge in [-0.25, -0.2) is 0 Å². The summed E-state index contributed by atoms with van der Waals surface area (Å²) < 4.78 is 40.7. The van der Waals surface area contributed by atoms with Crippen molar-refractivity contribution in [1.29, 1.82) is 5.26 Å². The lowest BCUT2D eigenvalue weighted by Crippen LogP contribution is -2.44. The molecule has 2 aliphatic heterocycles. The molecular formula is C23H25F3N6O2. The van der Waals surface area contributed by atoms with Gasteiger partial charge in [-0.3, -0.25) is 14.7 Å². The van der Waals surface area contributed by atoms with Crippen LogP contribution in [0.2, 0.25) is 0 Å². The van der Waals surface area contributed by atoms with Gasteiger partial charge in [0.15, 0.2) is 0 Å². The molecule has 1 N–H and O–H groups in total. The van der Waals surface area contributed by atoms with Gasteiger partial charge in [-0.2, -0.15) is 23.5 Å². The maximum atomic E-state index is 13.6. The molecule has 2 amide bonds. The van der Waals surface area contributed by atoms with E-state index < -0.39 is 23.3 Å². The second-order valence-electron chi connectivity index (χ2n) is 9.18. The Labute approximate surface area is 194 Å². The number of anilines is 1. The topological polar surface area (TPSA) is 96.3 Å². The number of carbonyl (C=O) groups is 2. The quantitative estimate of drug-likeness (QED) is 0.738. The van der Waals surface area contributed by atoms with Gasteiger partial charge in [0, 0.05) is 45.6 Å². The third kappa shape index (κ3) is 4.32. The fourth-order valence-corrected chi connectivity index (χ4v) is 4.98. The Balaban J connectivity index is 1.61. The van der Waals surface area contributed by atoms with Crippen LogP contribution in [0.15, 0.2) is 30.5 Å². The number of aromatic nitrogens is 2. The lowest BCUT2D eigenvalue weighted by Gasteiger charge is -2.39. The number of nitrogens with zero attached hydrogens (tertiary/aromatic N) is 5. The number of nitrogens with one attached hydrogen (secondary N) is 1. The van der Waals surface area contributed by atoms with Gasteiger partial charge in [-0.05, 0) is 48.9 Å². The number of rotatable bonds is 3. The van der Waals surface area contributed by atoms with Gasteiger partial charge < -0.3 is 14.7 Å². The molecule has 1 atom stereocenters. The van der Waals surface area contributed by atoms with Gasteiger partial charge in [0.2, 0.25) is 5.91 Å². The summed E-state index contributed by atoms with van der Waals surface area (Å²) >= 11 is 0. The number of nitriles is 1. The Morgan fingerprint density at radius 3 is 2.50 bits per heavy atom. The summed E-state index contributed by atoms with van der Waals surface area (Å²) in [6, 6.07) is 6.18. The zero-order valence-electron chi connectivity index (χ0n) is 18.9. The van der Waals surface area contributed by atoms with Gasteiger partial charge in [-0.1, -0.05) is 0 Å². The Morgan fingerprint density at radius 1 is 1.24 bits per heavy atom. The normalized spacial score (nSPS) is 19.8. The molecule has 180 valence electrons. The molecule has 34 heavy (non-hydrogen) atoms. The molecule has 3 heterocycles. The number of likely N-dealkylation sites (tertiary alicyclic amines) is 1. The van der Waals surface area contributed by atoms with E-state index in [0.29, 0.717) is 44.6 Å². The van der Waals surface area contributed by atoms with Crippen LogP contribution < -0.4 is 4.90 Å². The van der Waals surface area contributed by atoms with Crippen molar-refractivity contribution in [2.24, 2.45) is 5.41 Å². The molecule has 1 unspecified atom stereocenters. The number of amides is 2. The summed E-state index contributed by atoms with van der Waals surface area (Å²) in [5, 5.41) is 15.6. The second kappa shape index (κ2) is 8.66. The smallest absolute Gasteiger partial charge is 0.359 e. The number of piperidine rings is 1. The highest BCUT2D eigenvalue weighted by Gasteiger charge is 2.49. The van der Waals surface area contributed by atoms with E-state index in [4.69, 9.17) is 5.26 Å². The molecule has 0 radical (unpaired) electrons. The zero-order chi connectivity index (χ0) is 24.7. The Hall–Kier alpha value is -3.55. The van der Waals surface area contributed by atoms with E-state index >= 15 is 0 Å². The van der Waals surface area contributed by atoms with E-state index in [9.17, 15) is 22.8 Å². The van der Waals surface area contributed by atoms with Gasteiger partial charge >= 0.3 is 6.18 Å². The zero-order valence-corrected chi connectivity index (χ0v) is 18.9. The van der Waals surface area contributed by atoms with Crippen molar-refractivity contribution < 1.29 is 22.8 Å². The minimum atomic E-state index is -4.68. The molecule has 2 saturated heterocycles. The van der Waals surface area contributed by atoms with Crippen LogP contribution in [0.1, 0.15) is 40.9 Å². The average Bonchev–Trinajstić information content (AvgIpc) is 3.46. The minimum absolute atomic E-state index is 0.148. The number of alkyl halides is 3. The van der Waals surface area contributed by atoms with E-state index in [1.807, 2.05) is 0 Å². The van der Waals surface area contributed by atoms with Crippen LogP contribution in [-0.2, 0) is 11.0 Å². The van der Waals surface area contributed by atoms with Crippen molar-refractivity contribution in [2.45, 2.75) is 31.5 Å². The van der Waals surface area contributed by atoms with Crippen LogP contribution in [0.5, 0.6) is 0 Å². The number of hydrogen-bond donors (Lipinski definition) is 1. The summed E-state index contributed by atoms with van der Waals surface area (Å²) in [5.74, 6) is -0.337. The number of aromatic amines is 1. The second-order valence-corrected chi connectivity index (χ2v) is 9.18. The van der Waals surface area contributed by atoms with Gasteiger partial charge in [0.05, 0.1) is 17.2 Å². The van der Waals surface area contributed by atoms with Gasteiger partial charge in [0.1, 0.15) is 11.7 Å². The number of carbonyl (C=O) groups excluding carboxylic acids is 2. The molecule has 2 aliphatic rings. The molecule has 0 bridgehead atoms. The summed E-state index contributed by atoms with van der Waals surface area (Å²) in [6.07, 6.45) is -1.43. The first-order chi connectivity index (χ1) is 16.0. The number of likely N-dealkylation sites (N-methyl/N-ethyl adjacent to an activating group) is 1. The summed E-state index contributed by atoms with van der Waals surface area (Å²) in [7, 11) is 3.24. The van der Waals surface area contributed by atoms with Crippen LogP contribution in [0, 0.1) is 16.7 Å². The first-order valence-corrected chi connectivity index (χ1v) is 10.9. The van der Waals surface area contributed by atoms with Crippen LogP contribution in [-0.4, -0.2) is 71.6 Å². The molecule has 8 nitrogen and oxygen atoms in total. The van der Waals surface area contributed by atoms with Crippen LogP contribution in [0.4, 0.5) is 18.9 Å². The van der Waals surface area contributed by atoms with E-state index in [-0.39, 0.29) is 22.9 Å². The molecule has 2 aromatic rings. The molecule has 2 fully saturated rings. The van der Waals surface area contributed by atoms with Crippen molar-refractivity contribution in [3.8, 4) is 6.07 Å². The molecule has 4 rings (SSSR count). The molecular weight excluding hydrogens is 449 g/mol. The third-order valence-corrected chi connectivity index (χ3v) is 6.84. The lowest BCUT2D eigenvalue weighted by atomic mass is 9.76. The number of H-pyrrole nitrogens is 1. The minimum Gasteiger partial charge on any atom is -0.359 e. The van der Waals surface area contributed by atoms with Crippen LogP contribution >= 0.6 is 0 Å². The van der Waals surface area contributed by atoms with Crippen molar-refractivity contribution in [3.05, 3.63) is 47.3 Å². The van der Waals surface area contributed by atoms with Crippen molar-refractivity contribution in [1.82, 2.24) is 20.0 Å². The third-order valence-electron chi connectivity index (χ3n) is 6.84. The summed E-state index contributed by atoms with van der Waals surface area (Å²) in [5.41, 5.74) is -1.11. The van der Waals surface area contributed by atoms with E-state index in [1.165, 1.54) is 17.2 Å². The maximum absolute atomic E-state index is 13.6. The Bertz CT molecular complexity index is 1110. The summed E-state index contributed by atoms with van der Waals surface area (Å²) in [6.45, 7) is 1.36. The van der Waals surface area contributed by atoms with E-state index in [1.54, 1.807) is 36.0 Å². The fourth-order valence-electron chi connectivity index (χ4n) is 4.98. The van der Waals surface area contributed by atoms with Gasteiger partial charge in [0.25, 0.3) is 5.91 Å². The lowest BCUT2D eigenvalue weighted by molar-refractivity contribution is -0.137.